The minimum absolute atomic E-state index is 0.453. The first-order valence-corrected chi connectivity index (χ1v) is 7.51. The molecule has 1 atom stereocenters. The van der Waals surface area contributed by atoms with Crippen LogP contribution in [0.1, 0.15) is 51.6 Å². The summed E-state index contributed by atoms with van der Waals surface area (Å²) < 4.78 is 0. The highest BCUT2D eigenvalue weighted by molar-refractivity contribution is 5.41. The Morgan fingerprint density at radius 1 is 1.42 bits per heavy atom. The van der Waals surface area contributed by atoms with E-state index in [9.17, 15) is 0 Å². The number of anilines is 1. The second kappa shape index (κ2) is 6.85. The molecule has 1 aromatic heterocycles. The summed E-state index contributed by atoms with van der Waals surface area (Å²) >= 11 is 0. The van der Waals surface area contributed by atoms with Crippen LogP contribution in [0, 0.1) is 0 Å². The number of nitrogens with zero attached hydrogens (tertiary/aromatic N) is 3. The first-order valence-electron chi connectivity index (χ1n) is 7.51. The summed E-state index contributed by atoms with van der Waals surface area (Å²) in [6, 6.07) is 2.73. The van der Waals surface area contributed by atoms with Crippen LogP contribution in [0.4, 0.5) is 5.82 Å². The Hall–Kier alpha value is -1.16. The van der Waals surface area contributed by atoms with Crippen LogP contribution in [0.3, 0.4) is 0 Å². The van der Waals surface area contributed by atoms with Gasteiger partial charge in [-0.3, -0.25) is 0 Å². The first-order chi connectivity index (χ1) is 9.22. The van der Waals surface area contributed by atoms with Gasteiger partial charge in [0.1, 0.15) is 12.1 Å². The third-order valence-corrected chi connectivity index (χ3v) is 3.74. The second-order valence-corrected chi connectivity index (χ2v) is 5.65. The molecule has 1 aliphatic heterocycles. The van der Waals surface area contributed by atoms with Crippen LogP contribution in [-0.2, 0) is 0 Å². The maximum atomic E-state index is 4.50. The van der Waals surface area contributed by atoms with E-state index < -0.39 is 0 Å². The molecule has 0 aromatic carbocycles. The average molecular weight is 262 g/mol. The number of hydrogen-bond donors (Lipinski definition) is 1. The first kappa shape index (κ1) is 14.3. The minimum atomic E-state index is 0.453. The highest BCUT2D eigenvalue weighted by Gasteiger charge is 2.22. The highest BCUT2D eigenvalue weighted by Crippen LogP contribution is 2.21. The van der Waals surface area contributed by atoms with Crippen molar-refractivity contribution in [1.82, 2.24) is 15.3 Å². The monoisotopic (exact) mass is 262 g/mol. The molecular weight excluding hydrogens is 236 g/mol. The van der Waals surface area contributed by atoms with Crippen LogP contribution in [-0.4, -0.2) is 35.6 Å². The Balaban J connectivity index is 2.19. The third-order valence-electron chi connectivity index (χ3n) is 3.74. The standard InChI is InChI=1S/C15H26N4/c1-4-8-19(13-6-5-7-16-10-13)15-9-14(12(2)3)17-11-18-15/h9,11-13,16H,4-8,10H2,1-3H3. The topological polar surface area (TPSA) is 41.1 Å². The second-order valence-electron chi connectivity index (χ2n) is 5.65. The fourth-order valence-corrected chi connectivity index (χ4v) is 2.66. The number of hydrogen-bond acceptors (Lipinski definition) is 4. The van der Waals surface area contributed by atoms with E-state index in [1.165, 1.54) is 12.8 Å². The Bertz CT molecular complexity index is 385. The maximum Gasteiger partial charge on any atom is 0.132 e. The van der Waals surface area contributed by atoms with Gasteiger partial charge in [0.05, 0.1) is 0 Å². The van der Waals surface area contributed by atoms with Crippen molar-refractivity contribution in [2.24, 2.45) is 0 Å². The van der Waals surface area contributed by atoms with Crippen LogP contribution < -0.4 is 10.2 Å². The van der Waals surface area contributed by atoms with Crippen molar-refractivity contribution in [2.75, 3.05) is 24.5 Å². The maximum absolute atomic E-state index is 4.50. The largest absolute Gasteiger partial charge is 0.352 e. The van der Waals surface area contributed by atoms with Gasteiger partial charge in [0.2, 0.25) is 0 Å². The van der Waals surface area contributed by atoms with E-state index in [2.05, 4.69) is 47.0 Å². The summed E-state index contributed by atoms with van der Waals surface area (Å²) in [5.41, 5.74) is 1.13. The summed E-state index contributed by atoms with van der Waals surface area (Å²) in [4.78, 5) is 11.3. The lowest BCUT2D eigenvalue weighted by Gasteiger charge is -2.35. The van der Waals surface area contributed by atoms with Crippen LogP contribution in [0.5, 0.6) is 0 Å². The summed E-state index contributed by atoms with van der Waals surface area (Å²) in [5, 5.41) is 3.50. The Morgan fingerprint density at radius 2 is 2.26 bits per heavy atom. The van der Waals surface area contributed by atoms with Gasteiger partial charge in [0.25, 0.3) is 0 Å². The lowest BCUT2D eigenvalue weighted by atomic mass is 10.0. The number of piperidine rings is 1. The van der Waals surface area contributed by atoms with Crippen LogP contribution in [0.25, 0.3) is 0 Å². The lowest BCUT2D eigenvalue weighted by molar-refractivity contribution is 0.428. The van der Waals surface area contributed by atoms with E-state index in [-0.39, 0.29) is 0 Å². The van der Waals surface area contributed by atoms with Crippen LogP contribution in [0.2, 0.25) is 0 Å². The minimum Gasteiger partial charge on any atom is -0.352 e. The molecule has 4 nitrogen and oxygen atoms in total. The predicted octanol–water partition coefficient (Wildman–Crippen LogP) is 2.57. The molecule has 106 valence electrons. The van der Waals surface area contributed by atoms with Gasteiger partial charge < -0.3 is 10.2 Å². The summed E-state index contributed by atoms with van der Waals surface area (Å²) in [6.07, 6.45) is 5.38. The van der Waals surface area contributed by atoms with Crippen molar-refractivity contribution >= 4 is 5.82 Å². The van der Waals surface area contributed by atoms with Gasteiger partial charge in [0, 0.05) is 30.9 Å². The molecule has 2 heterocycles. The fourth-order valence-electron chi connectivity index (χ4n) is 2.66. The molecule has 1 unspecified atom stereocenters. The molecule has 1 saturated heterocycles. The van der Waals surface area contributed by atoms with Crippen molar-refractivity contribution < 1.29 is 0 Å². The van der Waals surface area contributed by atoms with Gasteiger partial charge in [-0.1, -0.05) is 20.8 Å². The fraction of sp³-hybridized carbons (Fsp3) is 0.733. The third kappa shape index (κ3) is 3.66. The summed E-state index contributed by atoms with van der Waals surface area (Å²) in [7, 11) is 0. The SMILES string of the molecule is CCCN(c1cc(C(C)C)ncn1)C1CCCNC1. The Labute approximate surface area is 116 Å². The zero-order valence-corrected chi connectivity index (χ0v) is 12.4. The molecule has 0 radical (unpaired) electrons. The average Bonchev–Trinajstić information content (AvgIpc) is 2.46. The quantitative estimate of drug-likeness (QED) is 0.885. The number of nitrogens with one attached hydrogen (secondary N) is 1. The molecule has 1 aliphatic rings. The molecule has 1 fully saturated rings. The molecule has 0 saturated carbocycles. The van der Waals surface area contributed by atoms with E-state index >= 15 is 0 Å². The van der Waals surface area contributed by atoms with E-state index in [0.717, 1.165) is 37.6 Å². The molecule has 1 N–H and O–H groups in total. The normalized spacial score (nSPS) is 19.7. The van der Waals surface area contributed by atoms with E-state index in [1.807, 2.05) is 0 Å². The van der Waals surface area contributed by atoms with Crippen LogP contribution in [0.15, 0.2) is 12.4 Å². The lowest BCUT2D eigenvalue weighted by Crippen LogP contribution is -2.46. The zero-order chi connectivity index (χ0) is 13.7. The summed E-state index contributed by atoms with van der Waals surface area (Å²) in [5.74, 6) is 1.55. The molecule has 4 heteroatoms. The Kier molecular flexibility index (Phi) is 5.14. The smallest absolute Gasteiger partial charge is 0.132 e. The summed E-state index contributed by atoms with van der Waals surface area (Å²) in [6.45, 7) is 9.88. The van der Waals surface area contributed by atoms with Gasteiger partial charge >= 0.3 is 0 Å². The van der Waals surface area contributed by atoms with Crippen LogP contribution >= 0.6 is 0 Å². The van der Waals surface area contributed by atoms with E-state index in [4.69, 9.17) is 0 Å². The molecule has 0 spiro atoms. The van der Waals surface area contributed by atoms with Crippen molar-refractivity contribution in [1.29, 1.82) is 0 Å². The van der Waals surface area contributed by atoms with Crippen molar-refractivity contribution in [2.45, 2.75) is 52.0 Å². The van der Waals surface area contributed by atoms with Gasteiger partial charge in [-0.15, -0.1) is 0 Å². The molecule has 0 aliphatic carbocycles. The molecule has 19 heavy (non-hydrogen) atoms. The molecule has 0 bridgehead atoms. The van der Waals surface area contributed by atoms with Gasteiger partial charge in [-0.05, 0) is 31.7 Å². The van der Waals surface area contributed by atoms with E-state index in [1.54, 1.807) is 6.33 Å². The number of rotatable bonds is 5. The van der Waals surface area contributed by atoms with Crippen molar-refractivity contribution in [3.8, 4) is 0 Å². The van der Waals surface area contributed by atoms with Gasteiger partial charge in [-0.2, -0.15) is 0 Å². The zero-order valence-electron chi connectivity index (χ0n) is 12.4. The predicted molar refractivity (Wildman–Crippen MR) is 79.6 cm³/mol. The molecule has 1 aromatic rings. The van der Waals surface area contributed by atoms with Gasteiger partial charge in [0.15, 0.2) is 0 Å². The van der Waals surface area contributed by atoms with Crippen molar-refractivity contribution in [3.05, 3.63) is 18.1 Å². The highest BCUT2D eigenvalue weighted by atomic mass is 15.2. The van der Waals surface area contributed by atoms with E-state index in [0.29, 0.717) is 12.0 Å². The molecular formula is C15H26N4. The molecule has 0 amide bonds. The van der Waals surface area contributed by atoms with Gasteiger partial charge in [-0.25, -0.2) is 9.97 Å². The Morgan fingerprint density at radius 3 is 2.89 bits per heavy atom. The number of aromatic nitrogens is 2. The molecule has 2 rings (SSSR count). The van der Waals surface area contributed by atoms with Crippen molar-refractivity contribution in [3.63, 3.8) is 0 Å².